The summed E-state index contributed by atoms with van der Waals surface area (Å²) in [6.45, 7) is 3.42. The number of nitrogens with zero attached hydrogens (tertiary/aromatic N) is 2. The zero-order valence-corrected chi connectivity index (χ0v) is 15.9. The molecule has 0 radical (unpaired) electrons. The summed E-state index contributed by atoms with van der Waals surface area (Å²) in [5, 5.41) is 0. The van der Waals surface area contributed by atoms with E-state index in [0.29, 0.717) is 17.5 Å². The number of aromatic nitrogens is 1. The first-order valence-corrected chi connectivity index (χ1v) is 9.95. The lowest BCUT2D eigenvalue weighted by atomic mass is 10.1. The molecule has 1 atom stereocenters. The van der Waals surface area contributed by atoms with Gasteiger partial charge in [0.2, 0.25) is 11.8 Å². The first kappa shape index (κ1) is 18.0. The molecule has 2 aromatic rings. The van der Waals surface area contributed by atoms with Gasteiger partial charge in [-0.2, -0.15) is 0 Å². The number of amides is 1. The molecule has 1 unspecified atom stereocenters. The summed E-state index contributed by atoms with van der Waals surface area (Å²) in [6.07, 6.45) is 9.11. The van der Waals surface area contributed by atoms with Crippen LogP contribution in [0.4, 0.5) is 0 Å². The zero-order chi connectivity index (χ0) is 18.8. The number of ether oxygens (including phenoxy) is 1. The third-order valence-corrected chi connectivity index (χ3v) is 5.96. The van der Waals surface area contributed by atoms with Crippen LogP contribution in [-0.4, -0.2) is 34.4 Å². The summed E-state index contributed by atoms with van der Waals surface area (Å²) in [5.74, 6) is 0.772. The van der Waals surface area contributed by atoms with E-state index in [1.165, 1.54) is 43.0 Å². The molecular weight excluding hydrogens is 338 g/mol. The van der Waals surface area contributed by atoms with E-state index in [4.69, 9.17) is 10.5 Å². The van der Waals surface area contributed by atoms with Gasteiger partial charge in [-0.25, -0.2) is 4.98 Å². The molecule has 1 amide bonds. The van der Waals surface area contributed by atoms with E-state index in [0.717, 1.165) is 31.2 Å². The summed E-state index contributed by atoms with van der Waals surface area (Å²) in [5.41, 5.74) is 8.44. The van der Waals surface area contributed by atoms with Crippen molar-refractivity contribution >= 4 is 5.91 Å². The van der Waals surface area contributed by atoms with Gasteiger partial charge >= 0.3 is 0 Å². The Kier molecular flexibility index (Phi) is 5.12. The van der Waals surface area contributed by atoms with Crippen molar-refractivity contribution in [1.82, 2.24) is 9.88 Å². The van der Waals surface area contributed by atoms with E-state index in [9.17, 15) is 4.79 Å². The van der Waals surface area contributed by atoms with Gasteiger partial charge in [-0.15, -0.1) is 0 Å². The SMILES string of the molecule is CCN(C1CCCC1)C1Cc2ccc(Oc3ccc(C(N)=O)cn3)cc2C1. The molecule has 5 nitrogen and oxygen atoms in total. The third kappa shape index (κ3) is 3.83. The van der Waals surface area contributed by atoms with E-state index in [1.807, 2.05) is 6.07 Å². The summed E-state index contributed by atoms with van der Waals surface area (Å²) < 4.78 is 5.88. The van der Waals surface area contributed by atoms with Crippen LogP contribution in [0.25, 0.3) is 0 Å². The van der Waals surface area contributed by atoms with Crippen molar-refractivity contribution in [3.63, 3.8) is 0 Å². The number of fused-ring (bicyclic) bond motifs is 1. The molecule has 2 aliphatic carbocycles. The van der Waals surface area contributed by atoms with Gasteiger partial charge in [-0.1, -0.05) is 25.8 Å². The minimum Gasteiger partial charge on any atom is -0.439 e. The molecule has 0 spiro atoms. The molecule has 2 N–H and O–H groups in total. The molecule has 0 bridgehead atoms. The number of rotatable bonds is 6. The number of nitrogens with two attached hydrogens (primary N) is 1. The molecule has 1 aromatic carbocycles. The van der Waals surface area contributed by atoms with E-state index in [2.05, 4.69) is 28.9 Å². The molecule has 0 saturated heterocycles. The van der Waals surface area contributed by atoms with Crippen LogP contribution in [0.1, 0.15) is 54.1 Å². The lowest BCUT2D eigenvalue weighted by Crippen LogP contribution is -2.42. The summed E-state index contributed by atoms with van der Waals surface area (Å²) in [7, 11) is 0. The van der Waals surface area contributed by atoms with Crippen molar-refractivity contribution in [2.75, 3.05) is 6.54 Å². The molecule has 0 aliphatic heterocycles. The van der Waals surface area contributed by atoms with Crippen molar-refractivity contribution in [3.8, 4) is 11.6 Å². The van der Waals surface area contributed by atoms with Gasteiger partial charge in [0, 0.05) is 24.3 Å². The zero-order valence-electron chi connectivity index (χ0n) is 15.9. The molecule has 142 valence electrons. The van der Waals surface area contributed by atoms with Gasteiger partial charge in [-0.3, -0.25) is 9.69 Å². The Balaban J connectivity index is 1.45. The van der Waals surface area contributed by atoms with Crippen LogP contribution in [0.5, 0.6) is 11.6 Å². The van der Waals surface area contributed by atoms with E-state index in [-0.39, 0.29) is 0 Å². The van der Waals surface area contributed by atoms with Crippen LogP contribution in [0.2, 0.25) is 0 Å². The van der Waals surface area contributed by atoms with Crippen LogP contribution in [0, 0.1) is 0 Å². The van der Waals surface area contributed by atoms with Gasteiger partial charge < -0.3 is 10.5 Å². The minimum atomic E-state index is -0.486. The average molecular weight is 365 g/mol. The Morgan fingerprint density at radius 2 is 1.93 bits per heavy atom. The smallest absolute Gasteiger partial charge is 0.250 e. The Labute approximate surface area is 160 Å². The lowest BCUT2D eigenvalue weighted by Gasteiger charge is -2.33. The monoisotopic (exact) mass is 365 g/mol. The molecular formula is C22H27N3O2. The second-order valence-electron chi connectivity index (χ2n) is 7.61. The van der Waals surface area contributed by atoms with Gasteiger partial charge in [0.15, 0.2) is 0 Å². The Morgan fingerprint density at radius 1 is 1.15 bits per heavy atom. The van der Waals surface area contributed by atoms with Crippen LogP contribution >= 0.6 is 0 Å². The molecule has 1 fully saturated rings. The second kappa shape index (κ2) is 7.69. The highest BCUT2D eigenvalue weighted by atomic mass is 16.5. The van der Waals surface area contributed by atoms with Gasteiger partial charge in [0.05, 0.1) is 5.56 Å². The fraction of sp³-hybridized carbons (Fsp3) is 0.455. The maximum atomic E-state index is 11.1. The van der Waals surface area contributed by atoms with Crippen molar-refractivity contribution in [2.24, 2.45) is 5.73 Å². The first-order chi connectivity index (χ1) is 13.1. The molecule has 1 heterocycles. The predicted octanol–water partition coefficient (Wildman–Crippen LogP) is 3.70. The standard InChI is InChI=1S/C22H27N3O2/c1-2-25(18-5-3-4-6-18)19-11-15-7-9-20(13-17(15)12-19)27-21-10-8-16(14-24-21)22(23)26/h7-10,13-14,18-19H,2-6,11-12H2,1H3,(H2,23,26). The Hall–Kier alpha value is -2.40. The molecule has 5 heteroatoms. The number of carbonyl (C=O) groups excluding carboxylic acids is 1. The summed E-state index contributed by atoms with van der Waals surface area (Å²) >= 11 is 0. The number of carbonyl (C=O) groups is 1. The maximum Gasteiger partial charge on any atom is 0.250 e. The van der Waals surface area contributed by atoms with E-state index >= 15 is 0 Å². The fourth-order valence-electron chi connectivity index (χ4n) is 4.63. The minimum absolute atomic E-state index is 0.380. The number of likely N-dealkylation sites (N-methyl/N-ethyl adjacent to an activating group) is 1. The summed E-state index contributed by atoms with van der Waals surface area (Å²) in [6, 6.07) is 11.0. The molecule has 4 rings (SSSR count). The fourth-order valence-corrected chi connectivity index (χ4v) is 4.63. The second-order valence-corrected chi connectivity index (χ2v) is 7.61. The lowest BCUT2D eigenvalue weighted by molar-refractivity contribution is 0.1000. The number of pyridine rings is 1. The third-order valence-electron chi connectivity index (χ3n) is 5.96. The molecule has 1 aromatic heterocycles. The van der Waals surface area contributed by atoms with Crippen molar-refractivity contribution in [1.29, 1.82) is 0 Å². The van der Waals surface area contributed by atoms with Gasteiger partial charge in [0.1, 0.15) is 5.75 Å². The first-order valence-electron chi connectivity index (χ1n) is 9.95. The van der Waals surface area contributed by atoms with Crippen molar-refractivity contribution < 1.29 is 9.53 Å². The highest BCUT2D eigenvalue weighted by Gasteiger charge is 2.32. The van der Waals surface area contributed by atoms with Crippen LogP contribution < -0.4 is 10.5 Å². The van der Waals surface area contributed by atoms with Crippen molar-refractivity contribution in [3.05, 3.63) is 53.2 Å². The van der Waals surface area contributed by atoms with Gasteiger partial charge in [-0.05, 0) is 61.6 Å². The van der Waals surface area contributed by atoms with E-state index < -0.39 is 5.91 Å². The largest absolute Gasteiger partial charge is 0.439 e. The van der Waals surface area contributed by atoms with Crippen molar-refractivity contribution in [2.45, 2.75) is 57.5 Å². The number of hydrogen-bond donors (Lipinski definition) is 1. The molecule has 1 saturated carbocycles. The van der Waals surface area contributed by atoms with Crippen LogP contribution in [-0.2, 0) is 12.8 Å². The quantitative estimate of drug-likeness (QED) is 0.847. The number of benzene rings is 1. The Bertz CT molecular complexity index is 813. The normalized spacial score (nSPS) is 19.4. The van der Waals surface area contributed by atoms with E-state index in [1.54, 1.807) is 12.1 Å². The number of hydrogen-bond acceptors (Lipinski definition) is 4. The topological polar surface area (TPSA) is 68.5 Å². The molecule has 27 heavy (non-hydrogen) atoms. The predicted molar refractivity (Wildman–Crippen MR) is 105 cm³/mol. The highest BCUT2D eigenvalue weighted by molar-refractivity contribution is 5.92. The Morgan fingerprint density at radius 3 is 2.59 bits per heavy atom. The maximum absolute atomic E-state index is 11.1. The average Bonchev–Trinajstić information content (AvgIpc) is 3.32. The summed E-state index contributed by atoms with van der Waals surface area (Å²) in [4.78, 5) is 18.0. The number of primary amides is 1. The molecule has 2 aliphatic rings. The van der Waals surface area contributed by atoms with Gasteiger partial charge in [0.25, 0.3) is 0 Å². The van der Waals surface area contributed by atoms with Crippen LogP contribution in [0.3, 0.4) is 0 Å². The van der Waals surface area contributed by atoms with Crippen LogP contribution in [0.15, 0.2) is 36.5 Å². The highest BCUT2D eigenvalue weighted by Crippen LogP contribution is 2.34.